The number of aliphatic hydroxyl groups is 2. The molecule has 4 N–H and O–H groups in total. The number of aliphatic carboxylic acids is 1. The number of carbonyl (C=O) groups is 3. The summed E-state index contributed by atoms with van der Waals surface area (Å²) in [5.41, 5.74) is 0.199. The Labute approximate surface area is 175 Å². The summed E-state index contributed by atoms with van der Waals surface area (Å²) in [6, 6.07) is -0.355. The molecule has 1 aromatic heterocycles. The van der Waals surface area contributed by atoms with Gasteiger partial charge >= 0.3 is 5.97 Å². The summed E-state index contributed by atoms with van der Waals surface area (Å²) in [5.74, 6) is -2.74. The quantitative estimate of drug-likeness (QED) is 0.435. The van der Waals surface area contributed by atoms with E-state index in [1.165, 1.54) is 34.9 Å². The summed E-state index contributed by atoms with van der Waals surface area (Å²) in [4.78, 5) is 41.9. The van der Waals surface area contributed by atoms with Crippen molar-refractivity contribution in [2.75, 3.05) is 13.2 Å². The fraction of sp³-hybridized carbons (Fsp3) is 0.444. The number of rotatable bonds is 8. The Morgan fingerprint density at radius 2 is 2.21 bits per heavy atom. The van der Waals surface area contributed by atoms with Crippen molar-refractivity contribution in [1.29, 1.82) is 0 Å². The lowest BCUT2D eigenvalue weighted by Gasteiger charge is -2.46. The van der Waals surface area contributed by atoms with Gasteiger partial charge in [0.15, 0.2) is 0 Å². The van der Waals surface area contributed by atoms with Crippen LogP contribution in [0.5, 0.6) is 0 Å². The number of aliphatic hydroxyl groups excluding tert-OH is 2. The number of hydrogen-bond donors (Lipinski definition) is 4. The molecule has 2 aliphatic heterocycles. The van der Waals surface area contributed by atoms with Crippen LogP contribution in [0, 0.1) is 11.8 Å². The molecule has 0 radical (unpaired) electrons. The summed E-state index contributed by atoms with van der Waals surface area (Å²) in [6.45, 7) is 3.37. The molecule has 0 saturated carbocycles. The number of thiazole rings is 1. The van der Waals surface area contributed by atoms with Crippen LogP contribution in [0.3, 0.4) is 0 Å². The molecular formula is C18H21N3O6S2. The fourth-order valence-electron chi connectivity index (χ4n) is 3.57. The minimum absolute atomic E-state index is 0.0396. The number of carboxylic acids is 1. The van der Waals surface area contributed by atoms with Gasteiger partial charge in [0.25, 0.3) is 5.91 Å². The number of nitrogens with zero attached hydrogens (tertiary/aromatic N) is 2. The van der Waals surface area contributed by atoms with Crippen LogP contribution in [0.4, 0.5) is 0 Å². The normalized spacial score (nSPS) is 24.6. The van der Waals surface area contributed by atoms with Crippen molar-refractivity contribution < 1.29 is 29.7 Å². The van der Waals surface area contributed by atoms with E-state index >= 15 is 0 Å². The number of aromatic nitrogens is 1. The highest BCUT2D eigenvalue weighted by Crippen LogP contribution is 2.50. The molecule has 2 aliphatic rings. The van der Waals surface area contributed by atoms with Crippen LogP contribution in [0.25, 0.3) is 6.08 Å². The van der Waals surface area contributed by atoms with Gasteiger partial charge in [-0.05, 0) is 18.4 Å². The van der Waals surface area contributed by atoms with Crippen molar-refractivity contribution in [3.05, 3.63) is 32.1 Å². The predicted molar refractivity (Wildman–Crippen MR) is 108 cm³/mol. The minimum Gasteiger partial charge on any atom is -0.477 e. The maximum absolute atomic E-state index is 12.3. The molecule has 3 heterocycles. The number of fused-ring (bicyclic) bond motifs is 1. The molecule has 1 saturated heterocycles. The van der Waals surface area contributed by atoms with Crippen molar-refractivity contribution in [3.8, 4) is 0 Å². The van der Waals surface area contributed by atoms with E-state index in [1.807, 2.05) is 6.92 Å². The molecule has 9 nitrogen and oxygen atoms in total. The molecule has 2 amide bonds. The highest BCUT2D eigenvalue weighted by atomic mass is 32.2. The number of β-lactam (4-membered cyclic amide) rings is 1. The van der Waals surface area contributed by atoms with E-state index in [-0.39, 0.29) is 48.3 Å². The molecular weight excluding hydrogens is 418 g/mol. The van der Waals surface area contributed by atoms with Gasteiger partial charge in [-0.25, -0.2) is 9.78 Å². The number of thioether (sulfide) groups is 1. The third kappa shape index (κ3) is 3.95. The van der Waals surface area contributed by atoms with Gasteiger partial charge in [-0.1, -0.05) is 18.7 Å². The average molecular weight is 440 g/mol. The average Bonchev–Trinajstić information content (AvgIpc) is 3.22. The SMILES string of the molecule is C[C@@H](O)[C@H]1C(=O)N2C(C(=O)O)=C(SC=Cc3nc(C(=O)NCCO)cs3)[C@H](C)[C@H]12. The van der Waals surface area contributed by atoms with Crippen LogP contribution in [0.2, 0.25) is 0 Å². The molecule has 0 aliphatic carbocycles. The van der Waals surface area contributed by atoms with E-state index in [2.05, 4.69) is 10.3 Å². The van der Waals surface area contributed by atoms with E-state index in [1.54, 1.807) is 16.9 Å². The molecule has 0 aromatic carbocycles. The summed E-state index contributed by atoms with van der Waals surface area (Å²) in [5, 5.41) is 34.5. The van der Waals surface area contributed by atoms with Crippen LogP contribution in [-0.4, -0.2) is 68.3 Å². The molecule has 1 aromatic rings. The van der Waals surface area contributed by atoms with Crippen LogP contribution in [0.1, 0.15) is 29.3 Å². The minimum atomic E-state index is -1.18. The molecule has 11 heteroatoms. The third-order valence-corrected chi connectivity index (χ3v) is 6.77. The topological polar surface area (TPSA) is 140 Å². The van der Waals surface area contributed by atoms with Gasteiger partial charge in [-0.3, -0.25) is 9.59 Å². The van der Waals surface area contributed by atoms with Gasteiger partial charge < -0.3 is 25.5 Å². The summed E-state index contributed by atoms with van der Waals surface area (Å²) < 4.78 is 0. The predicted octanol–water partition coefficient (Wildman–Crippen LogP) is 0.723. The number of carbonyl (C=O) groups excluding carboxylic acids is 2. The van der Waals surface area contributed by atoms with Crippen LogP contribution >= 0.6 is 23.1 Å². The second kappa shape index (κ2) is 8.66. The molecule has 0 unspecified atom stereocenters. The Hall–Kier alpha value is -2.21. The number of nitrogens with one attached hydrogen (secondary N) is 1. The van der Waals surface area contributed by atoms with Gasteiger partial charge in [0.05, 0.1) is 24.7 Å². The number of hydrogen-bond acceptors (Lipinski definition) is 8. The summed E-state index contributed by atoms with van der Waals surface area (Å²) in [7, 11) is 0. The monoisotopic (exact) mass is 439 g/mol. The highest BCUT2D eigenvalue weighted by Gasteiger charge is 2.59. The van der Waals surface area contributed by atoms with Crippen molar-refractivity contribution in [2.45, 2.75) is 26.0 Å². The van der Waals surface area contributed by atoms with E-state index < -0.39 is 18.0 Å². The van der Waals surface area contributed by atoms with Crippen LogP contribution in [-0.2, 0) is 9.59 Å². The zero-order valence-corrected chi connectivity index (χ0v) is 17.4. The first-order chi connectivity index (χ1) is 13.8. The first-order valence-corrected chi connectivity index (χ1v) is 10.7. The lowest BCUT2D eigenvalue weighted by molar-refractivity contribution is -0.163. The van der Waals surface area contributed by atoms with Crippen molar-refractivity contribution in [3.63, 3.8) is 0 Å². The van der Waals surface area contributed by atoms with Gasteiger partial charge in [-0.15, -0.1) is 11.3 Å². The zero-order valence-electron chi connectivity index (χ0n) is 15.7. The largest absolute Gasteiger partial charge is 0.477 e. The lowest BCUT2D eigenvalue weighted by atomic mass is 9.79. The van der Waals surface area contributed by atoms with E-state index in [9.17, 15) is 24.6 Å². The fourth-order valence-corrected chi connectivity index (χ4v) is 5.34. The Morgan fingerprint density at radius 3 is 2.83 bits per heavy atom. The molecule has 1 fully saturated rings. The Bertz CT molecular complexity index is 894. The standard InChI is InChI=1S/C18H21N3O6S2/c1-8-13-12(9(2)23)17(25)21(13)14(18(26)27)15(8)28-6-3-11-20-10(7-29-11)16(24)19-4-5-22/h3,6-9,12-13,22-23H,4-5H2,1-2H3,(H,19,24)(H,26,27)/t8-,9-,12-,13-/m1/s1. The van der Waals surface area contributed by atoms with Crippen LogP contribution < -0.4 is 5.32 Å². The second-order valence-electron chi connectivity index (χ2n) is 6.74. The maximum atomic E-state index is 12.3. The second-order valence-corrected chi connectivity index (χ2v) is 8.58. The lowest BCUT2D eigenvalue weighted by Crippen LogP contribution is -2.63. The van der Waals surface area contributed by atoms with E-state index in [4.69, 9.17) is 5.11 Å². The van der Waals surface area contributed by atoms with Crippen molar-refractivity contribution in [2.24, 2.45) is 11.8 Å². The highest BCUT2D eigenvalue weighted by molar-refractivity contribution is 8.06. The first-order valence-electron chi connectivity index (χ1n) is 8.94. The molecule has 0 bridgehead atoms. The molecule has 29 heavy (non-hydrogen) atoms. The number of amides is 2. The van der Waals surface area contributed by atoms with Gasteiger partial charge in [0.2, 0.25) is 5.91 Å². The zero-order chi connectivity index (χ0) is 21.3. The van der Waals surface area contributed by atoms with E-state index in [0.29, 0.717) is 9.91 Å². The molecule has 3 rings (SSSR count). The molecule has 4 atom stereocenters. The van der Waals surface area contributed by atoms with Gasteiger partial charge in [0, 0.05) is 22.7 Å². The van der Waals surface area contributed by atoms with Crippen molar-refractivity contribution in [1.82, 2.24) is 15.2 Å². The van der Waals surface area contributed by atoms with E-state index in [0.717, 1.165) is 0 Å². The van der Waals surface area contributed by atoms with Crippen molar-refractivity contribution >= 4 is 47.0 Å². The third-order valence-electron chi connectivity index (χ3n) is 4.87. The number of carboxylic acid groups (broad SMARTS) is 1. The Morgan fingerprint density at radius 1 is 1.48 bits per heavy atom. The van der Waals surface area contributed by atoms with Gasteiger partial charge in [0.1, 0.15) is 16.4 Å². The maximum Gasteiger partial charge on any atom is 0.353 e. The molecule has 0 spiro atoms. The smallest absolute Gasteiger partial charge is 0.353 e. The molecule has 156 valence electrons. The Balaban J connectivity index is 1.73. The van der Waals surface area contributed by atoms with Crippen LogP contribution in [0.15, 0.2) is 21.4 Å². The van der Waals surface area contributed by atoms with Gasteiger partial charge in [-0.2, -0.15) is 0 Å². The Kier molecular flexibility index (Phi) is 6.42. The summed E-state index contributed by atoms with van der Waals surface area (Å²) in [6.07, 6.45) is 0.827. The first kappa shape index (κ1) is 21.5. The summed E-state index contributed by atoms with van der Waals surface area (Å²) >= 11 is 2.45.